The van der Waals surface area contributed by atoms with Gasteiger partial charge in [0, 0.05) is 39.1 Å². The van der Waals surface area contributed by atoms with Gasteiger partial charge in [0.2, 0.25) is 0 Å². The number of hydrogen-bond acceptors (Lipinski definition) is 4. The van der Waals surface area contributed by atoms with Crippen molar-refractivity contribution in [3.05, 3.63) is 35.5 Å². The highest BCUT2D eigenvalue weighted by atomic mass is 16.5. The van der Waals surface area contributed by atoms with Gasteiger partial charge in [0.1, 0.15) is 6.10 Å². The zero-order valence-electron chi connectivity index (χ0n) is 26.0. The van der Waals surface area contributed by atoms with E-state index in [-0.39, 0.29) is 12.1 Å². The summed E-state index contributed by atoms with van der Waals surface area (Å²) in [4.78, 5) is 17.4. The second-order valence-corrected chi connectivity index (χ2v) is 14.2. The van der Waals surface area contributed by atoms with Crippen LogP contribution in [0.3, 0.4) is 0 Å². The lowest BCUT2D eigenvalue weighted by Gasteiger charge is -2.44. The third kappa shape index (κ3) is 8.09. The fraction of sp³-hybridized carbons (Fsp3) is 0.800. The van der Waals surface area contributed by atoms with Crippen LogP contribution in [0.15, 0.2) is 35.5 Å². The molecule has 1 saturated heterocycles. The third-order valence-corrected chi connectivity index (χ3v) is 10.9. The van der Waals surface area contributed by atoms with Crippen LogP contribution in [0.5, 0.6) is 0 Å². The first-order chi connectivity index (χ1) is 18.7. The summed E-state index contributed by atoms with van der Waals surface area (Å²) in [5.74, 6) is 3.22. The Morgan fingerprint density at radius 2 is 1.85 bits per heavy atom. The van der Waals surface area contributed by atoms with E-state index in [2.05, 4.69) is 63.3 Å². The molecular weight excluding hydrogens is 480 g/mol. The second-order valence-electron chi connectivity index (χ2n) is 14.2. The minimum atomic E-state index is -0.0355. The van der Waals surface area contributed by atoms with Crippen molar-refractivity contribution in [2.75, 3.05) is 39.8 Å². The zero-order chi connectivity index (χ0) is 28.0. The number of allylic oxidation sites excluding steroid dienone is 4. The molecule has 3 aliphatic carbocycles. The molecule has 0 spiro atoms. The summed E-state index contributed by atoms with van der Waals surface area (Å²) in [5, 5.41) is 0. The summed E-state index contributed by atoms with van der Waals surface area (Å²) in [6.45, 7) is 19.3. The van der Waals surface area contributed by atoms with Crippen LogP contribution in [0.4, 0.5) is 0 Å². The fourth-order valence-electron chi connectivity index (χ4n) is 8.31. The smallest absolute Gasteiger partial charge is 0.307 e. The van der Waals surface area contributed by atoms with Crippen molar-refractivity contribution < 1.29 is 9.53 Å². The number of piperazine rings is 1. The monoisotopic (exact) mass is 538 g/mol. The Morgan fingerprint density at radius 3 is 2.59 bits per heavy atom. The lowest BCUT2D eigenvalue weighted by atomic mass is 9.60. The average molecular weight is 539 g/mol. The van der Waals surface area contributed by atoms with Gasteiger partial charge in [-0.1, -0.05) is 76.8 Å². The number of nitrogens with zero attached hydrogens (tertiary/aromatic N) is 2. The van der Waals surface area contributed by atoms with Gasteiger partial charge in [0.25, 0.3) is 0 Å². The minimum absolute atomic E-state index is 0.000638. The molecule has 4 aliphatic rings. The highest BCUT2D eigenvalue weighted by molar-refractivity contribution is 5.69. The fourth-order valence-corrected chi connectivity index (χ4v) is 8.31. The van der Waals surface area contributed by atoms with E-state index in [1.807, 2.05) is 0 Å². The van der Waals surface area contributed by atoms with Crippen LogP contribution in [0.1, 0.15) is 105 Å². The average Bonchev–Trinajstić information content (AvgIpc) is 3.26. The van der Waals surface area contributed by atoms with Crippen molar-refractivity contribution in [3.63, 3.8) is 0 Å². The van der Waals surface area contributed by atoms with E-state index < -0.39 is 0 Å². The molecule has 3 saturated carbocycles. The molecule has 1 aliphatic heterocycles. The maximum Gasteiger partial charge on any atom is 0.307 e. The molecule has 0 bridgehead atoms. The Hall–Kier alpha value is -1.39. The molecule has 39 heavy (non-hydrogen) atoms. The number of likely N-dealkylation sites (N-methyl/N-ethyl adjacent to an activating group) is 1. The Labute approximate surface area is 240 Å². The summed E-state index contributed by atoms with van der Waals surface area (Å²) in [5.41, 5.74) is 4.67. The minimum Gasteiger partial charge on any atom is -0.462 e. The lowest BCUT2D eigenvalue weighted by molar-refractivity contribution is -0.150. The second kappa shape index (κ2) is 14.0. The molecule has 0 aromatic rings. The lowest BCUT2D eigenvalue weighted by Crippen LogP contribution is -2.45. The van der Waals surface area contributed by atoms with E-state index in [1.165, 1.54) is 62.5 Å². The van der Waals surface area contributed by atoms with Gasteiger partial charge < -0.3 is 14.5 Å². The molecular formula is C35H58N2O2. The number of fused-ring (bicyclic) bond motifs is 1. The van der Waals surface area contributed by atoms with Crippen LogP contribution in [-0.4, -0.2) is 61.6 Å². The number of rotatable bonds is 10. The first kappa shape index (κ1) is 30.6. The molecule has 0 radical (unpaired) electrons. The maximum absolute atomic E-state index is 12.6. The molecule has 0 aromatic heterocycles. The van der Waals surface area contributed by atoms with E-state index in [1.54, 1.807) is 5.57 Å². The van der Waals surface area contributed by atoms with Crippen molar-refractivity contribution in [2.45, 2.75) is 111 Å². The highest BCUT2D eigenvalue weighted by Crippen LogP contribution is 2.60. The largest absolute Gasteiger partial charge is 0.462 e. The van der Waals surface area contributed by atoms with E-state index in [0.717, 1.165) is 75.7 Å². The zero-order valence-corrected chi connectivity index (χ0v) is 26.0. The van der Waals surface area contributed by atoms with Crippen LogP contribution < -0.4 is 0 Å². The Kier molecular flexibility index (Phi) is 11.0. The molecule has 5 atom stereocenters. The van der Waals surface area contributed by atoms with Crippen molar-refractivity contribution in [1.82, 2.24) is 9.80 Å². The Bertz CT molecular complexity index is 896. The van der Waals surface area contributed by atoms with Crippen molar-refractivity contribution in [2.24, 2.45) is 29.1 Å². The van der Waals surface area contributed by atoms with Gasteiger partial charge in [-0.15, -0.1) is 0 Å². The van der Waals surface area contributed by atoms with Gasteiger partial charge in [0.05, 0.1) is 6.42 Å². The third-order valence-electron chi connectivity index (χ3n) is 10.9. The van der Waals surface area contributed by atoms with Gasteiger partial charge in [-0.2, -0.15) is 0 Å². The van der Waals surface area contributed by atoms with E-state index in [4.69, 9.17) is 4.74 Å². The Balaban J connectivity index is 1.32. The number of carbonyl (C=O) groups is 1. The topological polar surface area (TPSA) is 32.8 Å². The van der Waals surface area contributed by atoms with Crippen molar-refractivity contribution >= 4 is 5.97 Å². The van der Waals surface area contributed by atoms with E-state index >= 15 is 0 Å². The van der Waals surface area contributed by atoms with Gasteiger partial charge in [-0.25, -0.2) is 0 Å². The van der Waals surface area contributed by atoms with Crippen molar-refractivity contribution in [1.29, 1.82) is 0 Å². The predicted octanol–water partition coefficient (Wildman–Crippen LogP) is 7.81. The highest BCUT2D eigenvalue weighted by Gasteiger charge is 2.50. The maximum atomic E-state index is 12.6. The quantitative estimate of drug-likeness (QED) is 0.266. The molecule has 0 N–H and O–H groups in total. The van der Waals surface area contributed by atoms with E-state index in [0.29, 0.717) is 11.8 Å². The van der Waals surface area contributed by atoms with Crippen molar-refractivity contribution in [3.8, 4) is 0 Å². The standard InChI is InChI=1S/C35H58N2O2/c1-26(2)9-7-10-28(4)32-16-17-33-29(11-8-19-35(32,33)5)13-14-30-25-31(15-12-27(30)3)39-34(38)18-20-37-23-21-36(6)22-24-37/h13-14,26,28,31-33H,3,7-12,15-25H2,1-2,4-6H3/b29-13+,30-14+/t28-,31+,32-,33?,35-/m1/s1. The molecule has 4 nitrogen and oxygen atoms in total. The normalized spacial score (nSPS) is 33.6. The van der Waals surface area contributed by atoms with Crippen LogP contribution in [-0.2, 0) is 9.53 Å². The summed E-state index contributed by atoms with van der Waals surface area (Å²) < 4.78 is 5.97. The van der Waals surface area contributed by atoms with Gasteiger partial charge >= 0.3 is 5.97 Å². The van der Waals surface area contributed by atoms with Gasteiger partial charge in [-0.3, -0.25) is 4.79 Å². The number of hydrogen-bond donors (Lipinski definition) is 0. The molecule has 0 aromatic carbocycles. The molecule has 4 fully saturated rings. The molecule has 1 heterocycles. The summed E-state index contributed by atoms with van der Waals surface area (Å²) in [7, 11) is 2.16. The predicted molar refractivity (Wildman–Crippen MR) is 164 cm³/mol. The molecule has 4 rings (SSSR count). The SMILES string of the molecule is C=C1CC[C@H](OC(=O)CCN2CCN(C)CC2)C/C1=C\C=C1/CCC[C@@]2(C)C1CC[C@@H]2[C@H](C)CCCC(C)C. The summed E-state index contributed by atoms with van der Waals surface area (Å²) in [6.07, 6.45) is 18.8. The number of esters is 1. The van der Waals surface area contributed by atoms with Gasteiger partial charge in [0.15, 0.2) is 0 Å². The summed E-state index contributed by atoms with van der Waals surface area (Å²) >= 11 is 0. The number of ether oxygens (including phenoxy) is 1. The molecule has 0 amide bonds. The van der Waals surface area contributed by atoms with E-state index in [9.17, 15) is 4.79 Å². The first-order valence-corrected chi connectivity index (χ1v) is 16.3. The van der Waals surface area contributed by atoms with Crippen LogP contribution in [0.2, 0.25) is 0 Å². The summed E-state index contributed by atoms with van der Waals surface area (Å²) in [6, 6.07) is 0. The molecule has 4 heteroatoms. The van der Waals surface area contributed by atoms with Crippen LogP contribution in [0, 0.1) is 29.1 Å². The van der Waals surface area contributed by atoms with Crippen LogP contribution in [0.25, 0.3) is 0 Å². The molecule has 1 unspecified atom stereocenters. The molecule has 220 valence electrons. The first-order valence-electron chi connectivity index (χ1n) is 16.3. The number of carbonyl (C=O) groups excluding carboxylic acids is 1. The van der Waals surface area contributed by atoms with Gasteiger partial charge in [-0.05, 0) is 86.7 Å². The van der Waals surface area contributed by atoms with Crippen LogP contribution >= 0.6 is 0 Å². The Morgan fingerprint density at radius 1 is 1.08 bits per heavy atom.